The van der Waals surface area contributed by atoms with Crippen LogP contribution < -0.4 is 5.32 Å². The summed E-state index contributed by atoms with van der Waals surface area (Å²) in [7, 11) is 1.94. The third-order valence-corrected chi connectivity index (χ3v) is 6.24. The smallest absolute Gasteiger partial charge is 0.410 e. The lowest BCUT2D eigenvalue weighted by molar-refractivity contribution is -0.125. The van der Waals surface area contributed by atoms with E-state index in [0.717, 1.165) is 22.2 Å². The van der Waals surface area contributed by atoms with Crippen LogP contribution in [-0.2, 0) is 22.1 Å². The number of para-hydroxylation sites is 1. The average molecular weight is 413 g/mol. The maximum absolute atomic E-state index is 13.0. The van der Waals surface area contributed by atoms with Crippen molar-refractivity contribution in [2.24, 2.45) is 24.8 Å². The van der Waals surface area contributed by atoms with E-state index in [9.17, 15) is 9.59 Å². The van der Waals surface area contributed by atoms with Crippen LogP contribution in [0.5, 0.6) is 0 Å². The van der Waals surface area contributed by atoms with Gasteiger partial charge in [-0.05, 0) is 58.9 Å². The first-order valence-electron chi connectivity index (χ1n) is 10.6. The summed E-state index contributed by atoms with van der Waals surface area (Å²) in [6.07, 6.45) is -0.287. The van der Waals surface area contributed by atoms with Crippen molar-refractivity contribution in [2.75, 3.05) is 13.1 Å². The van der Waals surface area contributed by atoms with Crippen LogP contribution in [0.25, 0.3) is 10.9 Å². The molecular formula is C23H32N4O3. The van der Waals surface area contributed by atoms with E-state index >= 15 is 0 Å². The van der Waals surface area contributed by atoms with Crippen molar-refractivity contribution in [1.82, 2.24) is 20.0 Å². The summed E-state index contributed by atoms with van der Waals surface area (Å²) >= 11 is 0. The number of likely N-dealkylation sites (tertiary alicyclic amines) is 1. The van der Waals surface area contributed by atoms with Gasteiger partial charge in [0.15, 0.2) is 0 Å². The zero-order chi connectivity index (χ0) is 22.0. The molecule has 7 heteroatoms. The van der Waals surface area contributed by atoms with Gasteiger partial charge in [-0.2, -0.15) is 5.10 Å². The highest BCUT2D eigenvalue weighted by atomic mass is 16.6. The van der Waals surface area contributed by atoms with E-state index in [1.165, 1.54) is 0 Å². The van der Waals surface area contributed by atoms with Gasteiger partial charge in [-0.25, -0.2) is 4.79 Å². The largest absolute Gasteiger partial charge is 0.444 e. The van der Waals surface area contributed by atoms with E-state index in [-0.39, 0.29) is 29.8 Å². The van der Waals surface area contributed by atoms with Crippen molar-refractivity contribution < 1.29 is 14.3 Å². The van der Waals surface area contributed by atoms with Crippen LogP contribution in [0, 0.1) is 24.7 Å². The van der Waals surface area contributed by atoms with Gasteiger partial charge < -0.3 is 15.0 Å². The molecule has 2 aliphatic rings. The first-order chi connectivity index (χ1) is 13.9. The van der Waals surface area contributed by atoms with Crippen LogP contribution in [0.1, 0.15) is 45.9 Å². The Balaban J connectivity index is 1.43. The molecule has 3 atom stereocenters. The van der Waals surface area contributed by atoms with E-state index in [4.69, 9.17) is 9.84 Å². The Bertz CT molecular complexity index is 1010. The molecule has 1 aromatic heterocycles. The molecular weight excluding hydrogens is 380 g/mol. The minimum Gasteiger partial charge on any atom is -0.444 e. The lowest BCUT2D eigenvalue weighted by atomic mass is 9.96. The predicted octanol–water partition coefficient (Wildman–Crippen LogP) is 3.35. The summed E-state index contributed by atoms with van der Waals surface area (Å²) in [5.74, 6) is 0.442. The normalized spacial score (nSPS) is 23.4. The summed E-state index contributed by atoms with van der Waals surface area (Å²) in [5.41, 5.74) is 2.03. The molecule has 1 N–H and O–H groups in total. The standard InChI is InChI=1S/C23H32N4O3/c1-13-9-8-10-14-18(13)26(7)25-19(14)23(5,6)24-20(28)17-15-11-27(12-16(15)17)21(29)30-22(2,3)4/h8-10,15-17H,11-12H2,1-7H3,(H,24,28)/t15-,16+,17+. The molecule has 1 aliphatic heterocycles. The molecule has 7 nitrogen and oxygen atoms in total. The number of hydrogen-bond donors (Lipinski definition) is 1. The fraction of sp³-hybridized carbons (Fsp3) is 0.609. The molecule has 2 aromatic rings. The van der Waals surface area contributed by atoms with Gasteiger partial charge >= 0.3 is 6.09 Å². The van der Waals surface area contributed by atoms with Crippen molar-refractivity contribution in [3.05, 3.63) is 29.5 Å². The number of nitrogens with one attached hydrogen (secondary N) is 1. The number of aromatic nitrogens is 2. The molecule has 0 bridgehead atoms. The number of hydrogen-bond acceptors (Lipinski definition) is 4. The van der Waals surface area contributed by atoms with Gasteiger partial charge in [-0.1, -0.05) is 18.2 Å². The van der Waals surface area contributed by atoms with Gasteiger partial charge in [0.2, 0.25) is 5.91 Å². The maximum atomic E-state index is 13.0. The van der Waals surface area contributed by atoms with Crippen LogP contribution in [0.2, 0.25) is 0 Å². The number of carbonyl (C=O) groups is 2. The second kappa shape index (κ2) is 6.72. The SMILES string of the molecule is Cc1cccc2c(C(C)(C)NC(=O)[C@H]3[C@@H]4CN(C(=O)OC(C)(C)C)C[C@@H]43)nn(C)c12. The molecule has 1 saturated carbocycles. The predicted molar refractivity (Wildman–Crippen MR) is 115 cm³/mol. The molecule has 1 aliphatic carbocycles. The minimum absolute atomic E-state index is 0.0420. The lowest BCUT2D eigenvalue weighted by Gasteiger charge is -2.27. The topological polar surface area (TPSA) is 76.5 Å². The van der Waals surface area contributed by atoms with E-state index in [1.54, 1.807) is 4.90 Å². The molecule has 4 rings (SSSR count). The number of nitrogens with zero attached hydrogens (tertiary/aromatic N) is 3. The number of rotatable bonds is 3. The van der Waals surface area contributed by atoms with Crippen molar-refractivity contribution in [1.29, 1.82) is 0 Å². The minimum atomic E-state index is -0.591. The summed E-state index contributed by atoms with van der Waals surface area (Å²) in [5, 5.41) is 9.01. The molecule has 2 fully saturated rings. The van der Waals surface area contributed by atoms with E-state index in [2.05, 4.69) is 24.4 Å². The summed E-state index contributed by atoms with van der Waals surface area (Å²) in [6.45, 7) is 12.8. The second-order valence-corrected chi connectivity index (χ2v) is 10.3. The number of aryl methyl sites for hydroxylation is 2. The highest BCUT2D eigenvalue weighted by Crippen LogP contribution is 2.52. The summed E-state index contributed by atoms with van der Waals surface area (Å²) in [4.78, 5) is 27.0. The Hall–Kier alpha value is -2.57. The molecule has 1 aromatic carbocycles. The molecule has 2 heterocycles. The quantitative estimate of drug-likeness (QED) is 0.839. The van der Waals surface area contributed by atoms with Crippen molar-refractivity contribution in [3.8, 4) is 0 Å². The maximum Gasteiger partial charge on any atom is 0.410 e. The Kier molecular flexibility index (Phi) is 4.64. The number of fused-ring (bicyclic) bond motifs is 2. The Labute approximate surface area is 177 Å². The molecule has 1 saturated heterocycles. The zero-order valence-corrected chi connectivity index (χ0v) is 18.9. The van der Waals surface area contributed by atoms with Crippen molar-refractivity contribution in [2.45, 2.75) is 52.7 Å². The third kappa shape index (κ3) is 3.55. The van der Waals surface area contributed by atoms with Crippen molar-refractivity contribution >= 4 is 22.9 Å². The Morgan fingerprint density at radius 1 is 1.13 bits per heavy atom. The Morgan fingerprint density at radius 3 is 2.37 bits per heavy atom. The highest BCUT2D eigenvalue weighted by Gasteiger charge is 2.61. The van der Waals surface area contributed by atoms with Gasteiger partial charge in [0.25, 0.3) is 0 Å². The van der Waals surface area contributed by atoms with E-state index in [1.807, 2.05) is 52.4 Å². The van der Waals surface area contributed by atoms with Gasteiger partial charge in [-0.15, -0.1) is 0 Å². The van der Waals surface area contributed by atoms with Crippen LogP contribution in [0.15, 0.2) is 18.2 Å². The average Bonchev–Trinajstić information content (AvgIpc) is 2.95. The van der Waals surface area contributed by atoms with Gasteiger partial charge in [0.1, 0.15) is 5.60 Å². The number of amides is 2. The molecule has 2 amide bonds. The second-order valence-electron chi connectivity index (χ2n) is 10.3. The summed E-state index contributed by atoms with van der Waals surface area (Å²) in [6, 6.07) is 6.15. The number of benzene rings is 1. The molecule has 0 radical (unpaired) electrons. The van der Waals surface area contributed by atoms with Crippen molar-refractivity contribution in [3.63, 3.8) is 0 Å². The number of piperidine rings is 1. The van der Waals surface area contributed by atoms with Crippen LogP contribution in [0.4, 0.5) is 4.79 Å². The van der Waals surface area contributed by atoms with Gasteiger partial charge in [-0.3, -0.25) is 9.48 Å². The van der Waals surface area contributed by atoms with E-state index < -0.39 is 11.1 Å². The number of carbonyl (C=O) groups excluding carboxylic acids is 2. The van der Waals surface area contributed by atoms with E-state index in [0.29, 0.717) is 13.1 Å². The fourth-order valence-corrected chi connectivity index (χ4v) is 4.84. The molecule has 162 valence electrons. The Morgan fingerprint density at radius 2 is 1.77 bits per heavy atom. The van der Waals surface area contributed by atoms with Crippen LogP contribution in [-0.4, -0.2) is 45.4 Å². The molecule has 0 spiro atoms. The lowest BCUT2D eigenvalue weighted by Crippen LogP contribution is -2.44. The third-order valence-electron chi connectivity index (χ3n) is 6.24. The van der Waals surface area contributed by atoms with Crippen LogP contribution in [0.3, 0.4) is 0 Å². The molecule has 30 heavy (non-hydrogen) atoms. The van der Waals surface area contributed by atoms with Gasteiger partial charge in [0.05, 0.1) is 16.7 Å². The first-order valence-corrected chi connectivity index (χ1v) is 10.6. The molecule has 0 unspecified atom stereocenters. The first kappa shape index (κ1) is 20.7. The monoisotopic (exact) mass is 412 g/mol. The fourth-order valence-electron chi connectivity index (χ4n) is 4.84. The van der Waals surface area contributed by atoms with Gasteiger partial charge in [0, 0.05) is 31.4 Å². The number of ether oxygens (including phenoxy) is 1. The summed E-state index contributed by atoms with van der Waals surface area (Å²) < 4.78 is 7.34. The highest BCUT2D eigenvalue weighted by molar-refractivity contribution is 5.88. The zero-order valence-electron chi connectivity index (χ0n) is 18.9. The van der Waals surface area contributed by atoms with Crippen LogP contribution >= 0.6 is 0 Å².